The minimum absolute atomic E-state index is 0.312. The molecule has 0 spiro atoms. The largest absolute Gasteiger partial charge is 0.496 e. The fourth-order valence-electron chi connectivity index (χ4n) is 1.77. The van der Waals surface area contributed by atoms with E-state index in [1.165, 1.54) is 5.56 Å². The first-order valence-corrected chi connectivity index (χ1v) is 5.52. The summed E-state index contributed by atoms with van der Waals surface area (Å²) >= 11 is 0. The second kappa shape index (κ2) is 4.49. The quantitative estimate of drug-likeness (QED) is 0.883. The summed E-state index contributed by atoms with van der Waals surface area (Å²) in [5, 5.41) is 3.88. The highest BCUT2D eigenvalue weighted by molar-refractivity contribution is 5.64. The van der Waals surface area contributed by atoms with Gasteiger partial charge in [-0.3, -0.25) is 0 Å². The van der Waals surface area contributed by atoms with E-state index >= 15 is 0 Å². The van der Waals surface area contributed by atoms with Gasteiger partial charge in [-0.2, -0.15) is 0 Å². The van der Waals surface area contributed by atoms with Crippen molar-refractivity contribution < 1.29 is 9.26 Å². The lowest BCUT2D eigenvalue weighted by Gasteiger charge is -2.12. The van der Waals surface area contributed by atoms with Gasteiger partial charge in [-0.15, -0.1) is 0 Å². The Labute approximate surface area is 100 Å². The average molecular weight is 232 g/mol. The molecular weight excluding hydrogens is 216 g/mol. The van der Waals surface area contributed by atoms with E-state index in [0.717, 1.165) is 17.0 Å². The molecule has 1 aromatic heterocycles. The van der Waals surface area contributed by atoms with Crippen LogP contribution in [-0.4, -0.2) is 12.3 Å². The van der Waals surface area contributed by atoms with E-state index in [4.69, 9.17) is 15.0 Å². The molecule has 0 aliphatic heterocycles. The van der Waals surface area contributed by atoms with E-state index in [1.54, 1.807) is 13.2 Å². The number of methoxy groups -OCH3 is 1. The topological polar surface area (TPSA) is 61.3 Å². The van der Waals surface area contributed by atoms with E-state index in [-0.39, 0.29) is 0 Å². The number of rotatable bonds is 3. The lowest BCUT2D eigenvalue weighted by molar-refractivity contribution is 0.407. The summed E-state index contributed by atoms with van der Waals surface area (Å²) in [6.07, 6.45) is 0. The Morgan fingerprint density at radius 2 is 2.06 bits per heavy atom. The predicted octanol–water partition coefficient (Wildman–Crippen LogP) is 3.06. The SMILES string of the molecule is COc1cc(-c2cc(N)on2)ccc1C(C)C. The number of benzene rings is 1. The maximum Gasteiger partial charge on any atom is 0.222 e. The van der Waals surface area contributed by atoms with Gasteiger partial charge in [-0.05, 0) is 17.5 Å². The third kappa shape index (κ3) is 2.25. The van der Waals surface area contributed by atoms with E-state index in [0.29, 0.717) is 11.8 Å². The number of anilines is 1. The van der Waals surface area contributed by atoms with Crippen molar-refractivity contribution in [3.63, 3.8) is 0 Å². The summed E-state index contributed by atoms with van der Waals surface area (Å²) in [6.45, 7) is 4.26. The van der Waals surface area contributed by atoms with Gasteiger partial charge in [0.05, 0.1) is 7.11 Å². The van der Waals surface area contributed by atoms with Crippen molar-refractivity contribution in [1.29, 1.82) is 0 Å². The highest BCUT2D eigenvalue weighted by Crippen LogP contribution is 2.31. The molecule has 90 valence electrons. The van der Waals surface area contributed by atoms with Crippen molar-refractivity contribution in [2.45, 2.75) is 19.8 Å². The van der Waals surface area contributed by atoms with Gasteiger partial charge in [-0.1, -0.05) is 31.1 Å². The summed E-state index contributed by atoms with van der Waals surface area (Å²) in [5.74, 6) is 1.59. The molecule has 0 radical (unpaired) electrons. The molecule has 2 N–H and O–H groups in total. The third-order valence-electron chi connectivity index (χ3n) is 2.68. The maximum atomic E-state index is 5.50. The standard InChI is InChI=1S/C13H16N2O2/c1-8(2)10-5-4-9(6-12(10)16-3)11-7-13(14)17-15-11/h4-8H,14H2,1-3H3. The lowest BCUT2D eigenvalue weighted by atomic mass is 9.99. The zero-order valence-corrected chi connectivity index (χ0v) is 10.2. The van der Waals surface area contributed by atoms with Gasteiger partial charge in [0, 0.05) is 11.6 Å². The summed E-state index contributed by atoms with van der Waals surface area (Å²) in [4.78, 5) is 0. The van der Waals surface area contributed by atoms with Gasteiger partial charge in [0.2, 0.25) is 5.88 Å². The number of nitrogens with two attached hydrogens (primary N) is 1. The van der Waals surface area contributed by atoms with Crippen molar-refractivity contribution in [2.75, 3.05) is 12.8 Å². The molecule has 4 nitrogen and oxygen atoms in total. The molecule has 17 heavy (non-hydrogen) atoms. The Hall–Kier alpha value is -1.97. The third-order valence-corrected chi connectivity index (χ3v) is 2.68. The first-order valence-electron chi connectivity index (χ1n) is 5.52. The number of hydrogen-bond donors (Lipinski definition) is 1. The van der Waals surface area contributed by atoms with Crippen LogP contribution in [0.15, 0.2) is 28.8 Å². The van der Waals surface area contributed by atoms with Crippen LogP contribution in [0, 0.1) is 0 Å². The second-order valence-corrected chi connectivity index (χ2v) is 4.23. The molecule has 2 aromatic rings. The highest BCUT2D eigenvalue weighted by atomic mass is 16.5. The molecule has 0 atom stereocenters. The molecule has 4 heteroatoms. The van der Waals surface area contributed by atoms with E-state index in [1.807, 2.05) is 18.2 Å². The first kappa shape index (κ1) is 11.5. The van der Waals surface area contributed by atoms with E-state index in [2.05, 4.69) is 19.0 Å². The monoisotopic (exact) mass is 232 g/mol. The lowest BCUT2D eigenvalue weighted by Crippen LogP contribution is -1.94. The molecule has 2 rings (SSSR count). The first-order chi connectivity index (χ1) is 8.11. The Kier molecular flexibility index (Phi) is 3.04. The summed E-state index contributed by atoms with van der Waals surface area (Å²) in [7, 11) is 1.67. The van der Waals surface area contributed by atoms with E-state index < -0.39 is 0 Å². The average Bonchev–Trinajstić information content (AvgIpc) is 2.75. The molecule has 0 saturated heterocycles. The highest BCUT2D eigenvalue weighted by Gasteiger charge is 2.11. The van der Waals surface area contributed by atoms with E-state index in [9.17, 15) is 0 Å². The molecule has 1 aromatic carbocycles. The van der Waals surface area contributed by atoms with Crippen molar-refractivity contribution in [3.05, 3.63) is 29.8 Å². The van der Waals surface area contributed by atoms with Crippen LogP contribution in [0.5, 0.6) is 5.75 Å². The van der Waals surface area contributed by atoms with Crippen LogP contribution in [0.2, 0.25) is 0 Å². The minimum atomic E-state index is 0.312. The van der Waals surface area contributed by atoms with Gasteiger partial charge in [-0.25, -0.2) is 0 Å². The summed E-state index contributed by atoms with van der Waals surface area (Å²) < 4.78 is 10.2. The van der Waals surface area contributed by atoms with Gasteiger partial charge in [0.15, 0.2) is 0 Å². The molecule has 0 fully saturated rings. The maximum absolute atomic E-state index is 5.50. The molecule has 0 bridgehead atoms. The number of ether oxygens (including phenoxy) is 1. The van der Waals surface area contributed by atoms with Crippen molar-refractivity contribution >= 4 is 5.88 Å². The van der Waals surface area contributed by atoms with Crippen LogP contribution in [0.25, 0.3) is 11.3 Å². The van der Waals surface area contributed by atoms with Crippen molar-refractivity contribution in [3.8, 4) is 17.0 Å². The van der Waals surface area contributed by atoms with Crippen LogP contribution >= 0.6 is 0 Å². The smallest absolute Gasteiger partial charge is 0.222 e. The molecule has 0 aliphatic rings. The molecule has 0 aliphatic carbocycles. The number of hydrogen-bond acceptors (Lipinski definition) is 4. The fraction of sp³-hybridized carbons (Fsp3) is 0.308. The van der Waals surface area contributed by atoms with Crippen molar-refractivity contribution in [1.82, 2.24) is 5.16 Å². The molecule has 1 heterocycles. The van der Waals surface area contributed by atoms with Crippen LogP contribution in [0.1, 0.15) is 25.3 Å². The molecule has 0 saturated carbocycles. The normalized spacial score (nSPS) is 10.8. The molecule has 0 unspecified atom stereocenters. The van der Waals surface area contributed by atoms with Crippen LogP contribution in [-0.2, 0) is 0 Å². The van der Waals surface area contributed by atoms with Crippen LogP contribution in [0.3, 0.4) is 0 Å². The van der Waals surface area contributed by atoms with Gasteiger partial charge < -0.3 is 15.0 Å². The minimum Gasteiger partial charge on any atom is -0.496 e. The van der Waals surface area contributed by atoms with Crippen LogP contribution < -0.4 is 10.5 Å². The molecule has 0 amide bonds. The summed E-state index contributed by atoms with van der Waals surface area (Å²) in [6, 6.07) is 7.69. The zero-order valence-electron chi connectivity index (χ0n) is 10.2. The summed E-state index contributed by atoms with van der Waals surface area (Å²) in [5.41, 5.74) is 8.33. The van der Waals surface area contributed by atoms with Gasteiger partial charge in [0.1, 0.15) is 11.4 Å². The Morgan fingerprint density at radius 3 is 2.59 bits per heavy atom. The van der Waals surface area contributed by atoms with Crippen molar-refractivity contribution in [2.24, 2.45) is 0 Å². The van der Waals surface area contributed by atoms with Crippen LogP contribution in [0.4, 0.5) is 5.88 Å². The second-order valence-electron chi connectivity index (χ2n) is 4.23. The van der Waals surface area contributed by atoms with Gasteiger partial charge >= 0.3 is 0 Å². The number of nitrogens with zero attached hydrogens (tertiary/aromatic N) is 1. The Bertz CT molecular complexity index is 518. The Morgan fingerprint density at radius 1 is 1.29 bits per heavy atom. The zero-order chi connectivity index (χ0) is 12.4. The number of aromatic nitrogens is 1. The Balaban J connectivity index is 2.44. The van der Waals surface area contributed by atoms with Gasteiger partial charge in [0.25, 0.3) is 0 Å². The number of nitrogen functional groups attached to an aromatic ring is 1. The predicted molar refractivity (Wildman–Crippen MR) is 67.0 cm³/mol. The molecular formula is C13H16N2O2. The fourth-order valence-corrected chi connectivity index (χ4v) is 1.77.